The van der Waals surface area contributed by atoms with Crippen molar-refractivity contribution in [3.63, 3.8) is 0 Å². The summed E-state index contributed by atoms with van der Waals surface area (Å²) in [4.78, 5) is 129. The fourth-order valence-electron chi connectivity index (χ4n) is 15.5. The summed E-state index contributed by atoms with van der Waals surface area (Å²) < 4.78 is 81.2. The summed E-state index contributed by atoms with van der Waals surface area (Å²) in [7, 11) is 0. The monoisotopic (exact) mass is 1840 g/mol. The van der Waals surface area contributed by atoms with Crippen LogP contribution in [0.1, 0.15) is 222 Å². The zero-order chi connectivity index (χ0) is 98.1. The van der Waals surface area contributed by atoms with Crippen LogP contribution in [0.5, 0.6) is 28.7 Å². The van der Waals surface area contributed by atoms with Crippen molar-refractivity contribution in [1.82, 2.24) is 24.5 Å². The molecule has 0 radical (unpaired) electrons. The molecule has 16 rings (SSSR count). The number of unbranched alkanes of at least 4 members (excludes halogenated alkanes) is 8. The smallest absolute Gasteiger partial charge is 0.315 e. The van der Waals surface area contributed by atoms with Gasteiger partial charge in [0.05, 0.1) is 70.5 Å². The van der Waals surface area contributed by atoms with Crippen LogP contribution >= 0.6 is 0 Å². The molecule has 3 aliphatic carbocycles. The number of esters is 1. The molecule has 10 aromatic rings. The van der Waals surface area contributed by atoms with Crippen LogP contribution in [0.2, 0.25) is 0 Å². The average molecular weight is 1850 g/mol. The summed E-state index contributed by atoms with van der Waals surface area (Å²) in [6.45, 7) is 1.94. The second kappa shape index (κ2) is 50.8. The van der Waals surface area contributed by atoms with Gasteiger partial charge in [0, 0.05) is 163 Å². The van der Waals surface area contributed by atoms with E-state index in [0.717, 1.165) is 124 Å². The van der Waals surface area contributed by atoms with Gasteiger partial charge in [0.25, 0.3) is 23.6 Å². The molecule has 4 atom stereocenters. The zero-order valence-corrected chi connectivity index (χ0v) is 75.7. The van der Waals surface area contributed by atoms with Gasteiger partial charge in [0.2, 0.25) is 5.91 Å². The number of benzene rings is 8. The Morgan fingerprint density at radius 2 is 0.756 bits per heavy atom. The Morgan fingerprint density at radius 3 is 1.14 bits per heavy atom. The number of fused-ring (bicyclic) bond motifs is 2. The highest BCUT2D eigenvalue weighted by Crippen LogP contribution is 2.38. The molecule has 135 heavy (non-hydrogen) atoms. The largest absolute Gasteiger partial charge is 0.493 e. The van der Waals surface area contributed by atoms with Crippen LogP contribution in [0, 0.1) is 0 Å². The van der Waals surface area contributed by atoms with Gasteiger partial charge in [0.15, 0.2) is 0 Å². The number of aliphatic carboxylic acids is 4. The number of furan rings is 2. The first-order valence-corrected chi connectivity index (χ1v) is 46.5. The number of para-hydroxylation sites is 4. The van der Waals surface area contributed by atoms with Gasteiger partial charge in [-0.2, -0.15) is 0 Å². The number of hydrogen-bond acceptors (Lipinski definition) is 19. The summed E-state index contributed by atoms with van der Waals surface area (Å²) in [5.41, 5.74) is 8.46. The van der Waals surface area contributed by atoms with Gasteiger partial charge in [0.1, 0.15) is 40.3 Å². The molecule has 4 fully saturated rings. The normalized spacial score (nSPS) is 15.3. The average Bonchev–Trinajstić information content (AvgIpc) is 1.65. The van der Waals surface area contributed by atoms with Gasteiger partial charge in [-0.3, -0.25) is 52.8 Å². The molecule has 28 heteroatoms. The second-order valence-corrected chi connectivity index (χ2v) is 33.8. The number of carbonyl (C=O) groups excluding carboxylic acids is 6. The molecule has 0 bridgehead atoms. The highest BCUT2D eigenvalue weighted by Gasteiger charge is 2.38. The number of hydrogen-bond donors (Lipinski definition) is 5. The summed E-state index contributed by atoms with van der Waals surface area (Å²) in [5.74, 6) is -0.224. The van der Waals surface area contributed by atoms with Gasteiger partial charge in [-0.1, -0.05) is 97.1 Å². The lowest BCUT2D eigenvalue weighted by atomic mass is 10.1. The fraction of sp³-hybridized carbons (Fsp3) is 0.383. The number of nitrogens with zero attached hydrogens (tertiary/aromatic N) is 5. The number of carboxylic acids is 4. The first-order chi connectivity index (χ1) is 67.4. The minimum atomic E-state index is -0.966. The fourth-order valence-corrected chi connectivity index (χ4v) is 15.5. The highest BCUT2D eigenvalue weighted by atomic mass is 16.5. The lowest BCUT2D eigenvalue weighted by Crippen LogP contribution is -2.43. The van der Waals surface area contributed by atoms with Crippen molar-refractivity contribution in [2.45, 2.75) is 198 Å². The number of carbonyl (C=O) groups is 10. The van der Waals surface area contributed by atoms with Gasteiger partial charge in [-0.15, -0.1) is 0 Å². The lowest BCUT2D eigenvalue weighted by molar-refractivity contribution is -0.138. The molecule has 5 heterocycles. The van der Waals surface area contributed by atoms with E-state index in [9.17, 15) is 47.9 Å². The van der Waals surface area contributed by atoms with Crippen LogP contribution in [0.3, 0.4) is 0 Å². The number of carboxylic acid groups (broad SMARTS) is 4. The first-order valence-electron chi connectivity index (χ1n) is 48.8. The second-order valence-electron chi connectivity index (χ2n) is 33.8. The predicted molar refractivity (Wildman–Crippen MR) is 506 cm³/mol. The van der Waals surface area contributed by atoms with Gasteiger partial charge in [-0.25, -0.2) is 0 Å². The number of morpholine rings is 1. The van der Waals surface area contributed by atoms with Crippen molar-refractivity contribution in [3.05, 3.63) is 274 Å². The van der Waals surface area contributed by atoms with Crippen molar-refractivity contribution in [3.8, 4) is 51.4 Å². The van der Waals surface area contributed by atoms with E-state index >= 15 is 0 Å². The Morgan fingerprint density at radius 1 is 0.393 bits per heavy atom. The Labute approximate surface area is 792 Å². The van der Waals surface area contributed by atoms with Crippen LogP contribution in [0.25, 0.3) is 22.6 Å². The van der Waals surface area contributed by atoms with Crippen LogP contribution in [0.4, 0.5) is 5.69 Å². The number of nitrogens with one attached hydrogen (secondary N) is 1. The summed E-state index contributed by atoms with van der Waals surface area (Å²) >= 11 is 0. The molecule has 3 aliphatic heterocycles. The van der Waals surface area contributed by atoms with E-state index in [4.69, 9.17) is 63.2 Å². The van der Waals surface area contributed by atoms with Crippen molar-refractivity contribution in [1.29, 1.82) is 0 Å². The molecule has 3 saturated carbocycles. The van der Waals surface area contributed by atoms with Crippen LogP contribution in [-0.4, -0.2) is 188 Å². The maximum Gasteiger partial charge on any atom is 0.315 e. The maximum absolute atomic E-state index is 13.8. The summed E-state index contributed by atoms with van der Waals surface area (Å²) in [6, 6.07) is 61.4. The minimum absolute atomic E-state index is 0.00443. The number of ether oxygens (including phenoxy) is 6. The molecular weight excluding hydrogens is 1720 g/mol. The third kappa shape index (κ3) is 31.1. The molecule has 8 aromatic carbocycles. The number of amides is 5. The molecule has 710 valence electrons. The van der Waals surface area contributed by atoms with E-state index in [-0.39, 0.29) is 92.2 Å². The Hall–Kier alpha value is -13.9. The SMILES string of the molecule is [2H]C(c1ccccc1OCCCCCC(=O)O)N(C(=O)c1ccc(-c2ccco2)cc1)C1CC1.[2H]C(c1ccccc1OCCCCCC(=O)O)N(C(=O)c1ccc2c(c1)CC(=O)N2)C1CC1.[2H]C(c1ccccc1OCCCCCC(=O)O)N(C(=O)c1ccc2c(c1)CC(=O)O2)C1CC1.[2H]C(c1ccccc1OCCCCCC(=O)O)N(CCN1CCOCC1)C(=O)c1ccc(-c2ccco2)cc1. The van der Waals surface area contributed by atoms with E-state index in [1.807, 2.05) is 127 Å². The van der Waals surface area contributed by atoms with E-state index in [2.05, 4.69) is 10.2 Å². The number of anilines is 1. The lowest BCUT2D eigenvalue weighted by Gasteiger charge is -2.30. The topological polar surface area (TPSA) is 362 Å². The molecule has 0 spiro atoms. The van der Waals surface area contributed by atoms with Crippen molar-refractivity contribution in [2.75, 3.05) is 71.1 Å². The highest BCUT2D eigenvalue weighted by molar-refractivity contribution is 6.02. The molecule has 5 N–H and O–H groups in total. The molecular formula is C107H120N6O22. The van der Waals surface area contributed by atoms with Crippen LogP contribution in [0.15, 0.2) is 228 Å². The third-order valence-corrected chi connectivity index (χ3v) is 23.2. The molecule has 28 nitrogen and oxygen atoms in total. The number of rotatable bonds is 48. The molecule has 2 aromatic heterocycles. The van der Waals surface area contributed by atoms with Gasteiger partial charge in [-0.05, 0) is 230 Å². The summed E-state index contributed by atoms with van der Waals surface area (Å²) in [6.07, 6.45) is 17.7. The minimum Gasteiger partial charge on any atom is -0.493 e. The summed E-state index contributed by atoms with van der Waals surface area (Å²) in [5, 5.41) is 37.8. The molecule has 5 amide bonds. The zero-order valence-electron chi connectivity index (χ0n) is 79.7. The Balaban J connectivity index is 0.000000157. The van der Waals surface area contributed by atoms with Gasteiger partial charge < -0.3 is 82.6 Å². The quantitative estimate of drug-likeness (QED) is 0.0134. The maximum atomic E-state index is 13.8. The van der Waals surface area contributed by atoms with Crippen molar-refractivity contribution in [2.24, 2.45) is 0 Å². The first kappa shape index (κ1) is 93.0. The van der Waals surface area contributed by atoms with Crippen LogP contribution in [-0.2, 0) is 72.4 Å². The standard InChI is InChI=1S/C30H36N2O6.C27H29NO5.C25H28N2O5.C25H27NO6/c33-29(34)10-2-1-5-19-37-28-8-4-3-7-26(28)23-32(16-15-31-17-21-36-22-18-31)30(35)25-13-11-24(12-14-25)27-9-6-20-38-27;29-26(30)10-2-1-5-17-32-25-8-4-3-7-22(25)19-28(23-15-16-23)27(31)21-13-11-20(12-14-21)24-9-6-18-33-24;28-23-15-19-14-17(9-12-21(19)26-23)25(31)27(20-10-11-20)16-18-6-3-4-7-22(18)32-13-5-1-2-8-24(29)30;27-23(28)8-2-1-5-13-31-21-7-4-3-6-18(21)16-26(20-10-11-20)25(30)17-9-12-22-19(14-17)15-24(29)32-22/h3-4,6-9,11-14,20H,1-2,5,10,15-19,21-23H2,(H,33,34);3-4,6-9,11-14,18,23H,1-2,5,10,15-17,19H2,(H,29,30);3-4,6-7,9,12,14,20H,1-2,5,8,10-11,13,15-16H2,(H,26,28)(H,29,30);3-4,6-7,9,12,14,20H,1-2,5,8,10-11,13,15-16H2,(H,27,28)/i23D;19D;2*16D. The molecule has 6 aliphatic rings. The van der Waals surface area contributed by atoms with Crippen molar-refractivity contribution < 1.29 is 111 Å². The third-order valence-electron chi connectivity index (χ3n) is 23.2. The van der Waals surface area contributed by atoms with E-state index in [0.29, 0.717) is 170 Å². The van der Waals surface area contributed by atoms with E-state index in [1.54, 1.807) is 111 Å². The molecule has 1 saturated heterocycles. The van der Waals surface area contributed by atoms with E-state index < -0.39 is 50.0 Å². The predicted octanol–water partition coefficient (Wildman–Crippen LogP) is 18.7. The van der Waals surface area contributed by atoms with Crippen molar-refractivity contribution >= 4 is 65.1 Å². The van der Waals surface area contributed by atoms with Crippen LogP contribution < -0.4 is 29.0 Å². The Kier molecular flexibility index (Phi) is 35.0. The Bertz CT molecular complexity index is 5600. The van der Waals surface area contributed by atoms with Gasteiger partial charge >= 0.3 is 29.8 Å². The van der Waals surface area contributed by atoms with E-state index in [1.165, 1.54) is 0 Å². The molecule has 4 unspecified atom stereocenters.